The van der Waals surface area contributed by atoms with Crippen LogP contribution < -0.4 is 10.6 Å². The summed E-state index contributed by atoms with van der Waals surface area (Å²) in [7, 11) is 0. The molecule has 1 heterocycles. The van der Waals surface area contributed by atoms with E-state index in [4.69, 9.17) is 5.26 Å². The highest BCUT2D eigenvalue weighted by molar-refractivity contribution is 5.55. The summed E-state index contributed by atoms with van der Waals surface area (Å²) in [6.07, 6.45) is 2.20. The van der Waals surface area contributed by atoms with Gasteiger partial charge in [-0.3, -0.25) is 10.1 Å². The van der Waals surface area contributed by atoms with Crippen LogP contribution in [-0.2, 0) is 0 Å². The van der Waals surface area contributed by atoms with Gasteiger partial charge in [0, 0.05) is 19.2 Å². The first-order chi connectivity index (χ1) is 8.69. The quantitative estimate of drug-likeness (QED) is 0.428. The first-order valence-electron chi connectivity index (χ1n) is 5.68. The molecular weight excluding hydrogens is 234 g/mol. The van der Waals surface area contributed by atoms with Crippen molar-refractivity contribution >= 4 is 11.5 Å². The Morgan fingerprint density at radius 3 is 2.89 bits per heavy atom. The molecule has 0 fully saturated rings. The molecule has 0 bridgehead atoms. The van der Waals surface area contributed by atoms with Crippen molar-refractivity contribution in [2.45, 2.75) is 13.3 Å². The minimum Gasteiger partial charge on any atom is -0.368 e. The Bertz CT molecular complexity index is 455. The van der Waals surface area contributed by atoms with E-state index in [0.29, 0.717) is 12.4 Å². The molecule has 18 heavy (non-hydrogen) atoms. The molecule has 1 aromatic rings. The highest BCUT2D eigenvalue weighted by Gasteiger charge is 2.11. The molecular formula is C11H15N5O2. The van der Waals surface area contributed by atoms with Gasteiger partial charge in [0.15, 0.2) is 0 Å². The number of anilines is 1. The first-order valence-corrected chi connectivity index (χ1v) is 5.68. The summed E-state index contributed by atoms with van der Waals surface area (Å²) >= 11 is 0. The number of nitrogens with zero attached hydrogens (tertiary/aromatic N) is 3. The van der Waals surface area contributed by atoms with Crippen LogP contribution in [0.25, 0.3) is 0 Å². The maximum atomic E-state index is 10.5. The van der Waals surface area contributed by atoms with E-state index >= 15 is 0 Å². The molecule has 0 aliphatic rings. The number of aromatic nitrogens is 1. The second-order valence-corrected chi connectivity index (χ2v) is 3.64. The molecule has 0 aromatic carbocycles. The fourth-order valence-electron chi connectivity index (χ4n) is 1.35. The lowest BCUT2D eigenvalue weighted by Crippen LogP contribution is -2.23. The number of hydrogen-bond acceptors (Lipinski definition) is 6. The summed E-state index contributed by atoms with van der Waals surface area (Å²) in [6, 6.07) is 3.11. The molecule has 0 aliphatic heterocycles. The van der Waals surface area contributed by atoms with Crippen molar-refractivity contribution in [3.63, 3.8) is 0 Å². The van der Waals surface area contributed by atoms with Gasteiger partial charge in [-0.2, -0.15) is 5.26 Å². The molecule has 2 N–H and O–H groups in total. The summed E-state index contributed by atoms with van der Waals surface area (Å²) in [5, 5.41) is 25.6. The zero-order chi connectivity index (χ0) is 13.4. The molecule has 0 aliphatic carbocycles. The van der Waals surface area contributed by atoms with Gasteiger partial charge in [0.05, 0.1) is 4.92 Å². The zero-order valence-corrected chi connectivity index (χ0v) is 10.1. The van der Waals surface area contributed by atoms with Crippen molar-refractivity contribution in [1.82, 2.24) is 10.3 Å². The highest BCUT2D eigenvalue weighted by atomic mass is 16.6. The van der Waals surface area contributed by atoms with Gasteiger partial charge in [0.25, 0.3) is 5.69 Å². The van der Waals surface area contributed by atoms with Gasteiger partial charge in [0.1, 0.15) is 23.6 Å². The lowest BCUT2D eigenvalue weighted by Gasteiger charge is -2.07. The molecule has 0 radical (unpaired) electrons. The van der Waals surface area contributed by atoms with E-state index in [9.17, 15) is 10.1 Å². The number of nitro groups is 1. The summed E-state index contributed by atoms with van der Waals surface area (Å²) in [5.74, 6) is 0.376. The van der Waals surface area contributed by atoms with E-state index in [1.165, 1.54) is 6.07 Å². The molecule has 0 saturated heterocycles. The predicted molar refractivity (Wildman–Crippen MR) is 67.3 cm³/mol. The van der Waals surface area contributed by atoms with Crippen LogP contribution in [0.15, 0.2) is 12.3 Å². The third kappa shape index (κ3) is 3.99. The molecule has 0 saturated carbocycles. The molecule has 7 nitrogen and oxygen atoms in total. The van der Waals surface area contributed by atoms with Crippen molar-refractivity contribution in [3.05, 3.63) is 27.9 Å². The number of hydrogen-bond donors (Lipinski definition) is 2. The monoisotopic (exact) mass is 249 g/mol. The van der Waals surface area contributed by atoms with Crippen molar-refractivity contribution < 1.29 is 4.92 Å². The first kappa shape index (κ1) is 13.9. The molecule has 1 aromatic heterocycles. The molecule has 0 atom stereocenters. The highest BCUT2D eigenvalue weighted by Crippen LogP contribution is 2.17. The molecule has 96 valence electrons. The van der Waals surface area contributed by atoms with Gasteiger partial charge in [-0.25, -0.2) is 4.98 Å². The van der Waals surface area contributed by atoms with E-state index in [-0.39, 0.29) is 11.3 Å². The Morgan fingerprint density at radius 1 is 1.50 bits per heavy atom. The maximum Gasteiger partial charge on any atom is 0.289 e. The standard InChI is InChI=1S/C11H15N5O2/c1-2-3-13-4-5-14-11-9(7-12)6-10(8-15-11)16(17)18/h6,8,13H,2-5H2,1H3,(H,14,15). The number of rotatable bonds is 7. The lowest BCUT2D eigenvalue weighted by molar-refractivity contribution is -0.385. The van der Waals surface area contributed by atoms with Crippen molar-refractivity contribution in [3.8, 4) is 6.07 Å². The lowest BCUT2D eigenvalue weighted by atomic mass is 10.2. The Hall–Kier alpha value is -2.20. The minimum absolute atomic E-state index is 0.179. The topological polar surface area (TPSA) is 104 Å². The fourth-order valence-corrected chi connectivity index (χ4v) is 1.35. The van der Waals surface area contributed by atoms with Crippen LogP contribution >= 0.6 is 0 Å². The average molecular weight is 249 g/mol. The van der Waals surface area contributed by atoms with Crippen LogP contribution in [0.4, 0.5) is 11.5 Å². The van der Waals surface area contributed by atoms with Gasteiger partial charge in [-0.1, -0.05) is 6.92 Å². The van der Waals surface area contributed by atoms with Gasteiger partial charge in [0.2, 0.25) is 0 Å². The van der Waals surface area contributed by atoms with Crippen LogP contribution in [-0.4, -0.2) is 29.5 Å². The molecule has 0 spiro atoms. The van der Waals surface area contributed by atoms with E-state index < -0.39 is 4.92 Å². The van der Waals surface area contributed by atoms with Gasteiger partial charge in [-0.05, 0) is 13.0 Å². The van der Waals surface area contributed by atoms with Crippen molar-refractivity contribution in [1.29, 1.82) is 5.26 Å². The van der Waals surface area contributed by atoms with E-state index in [2.05, 4.69) is 22.5 Å². The third-order valence-corrected chi connectivity index (χ3v) is 2.23. The predicted octanol–water partition coefficient (Wildman–Crippen LogP) is 1.27. The normalized spacial score (nSPS) is 9.78. The molecule has 0 amide bonds. The Balaban J connectivity index is 2.61. The Kier molecular flexibility index (Phi) is 5.54. The fraction of sp³-hybridized carbons (Fsp3) is 0.455. The molecule has 0 unspecified atom stereocenters. The second-order valence-electron chi connectivity index (χ2n) is 3.64. The van der Waals surface area contributed by atoms with E-state index in [1.807, 2.05) is 6.07 Å². The second kappa shape index (κ2) is 7.19. The minimum atomic E-state index is -0.569. The third-order valence-electron chi connectivity index (χ3n) is 2.23. The zero-order valence-electron chi connectivity index (χ0n) is 10.1. The SMILES string of the molecule is CCCNCCNc1ncc([N+](=O)[O-])cc1C#N. The van der Waals surface area contributed by atoms with Crippen LogP contribution in [0.1, 0.15) is 18.9 Å². The van der Waals surface area contributed by atoms with Gasteiger partial charge >= 0.3 is 0 Å². The van der Waals surface area contributed by atoms with Crippen LogP contribution in [0.5, 0.6) is 0 Å². The van der Waals surface area contributed by atoms with Crippen LogP contribution in [0.3, 0.4) is 0 Å². The van der Waals surface area contributed by atoms with Crippen molar-refractivity contribution in [2.24, 2.45) is 0 Å². The van der Waals surface area contributed by atoms with Crippen LogP contribution in [0, 0.1) is 21.4 Å². The van der Waals surface area contributed by atoms with E-state index in [0.717, 1.165) is 25.7 Å². The molecule has 7 heteroatoms. The number of nitriles is 1. The summed E-state index contributed by atoms with van der Waals surface area (Å²) in [4.78, 5) is 13.9. The Labute approximate surface area is 105 Å². The average Bonchev–Trinajstić information content (AvgIpc) is 2.38. The summed E-state index contributed by atoms with van der Waals surface area (Å²) < 4.78 is 0. The van der Waals surface area contributed by atoms with Gasteiger partial charge < -0.3 is 10.6 Å². The largest absolute Gasteiger partial charge is 0.368 e. The van der Waals surface area contributed by atoms with Crippen LogP contribution in [0.2, 0.25) is 0 Å². The summed E-state index contributed by atoms with van der Waals surface area (Å²) in [5.41, 5.74) is 0.000833. The van der Waals surface area contributed by atoms with Crippen molar-refractivity contribution in [2.75, 3.05) is 25.0 Å². The molecule has 1 rings (SSSR count). The number of nitrogens with one attached hydrogen (secondary N) is 2. The smallest absolute Gasteiger partial charge is 0.289 e. The van der Waals surface area contributed by atoms with Gasteiger partial charge in [-0.15, -0.1) is 0 Å². The Morgan fingerprint density at radius 2 is 2.28 bits per heavy atom. The number of pyridine rings is 1. The maximum absolute atomic E-state index is 10.5. The van der Waals surface area contributed by atoms with E-state index in [1.54, 1.807) is 0 Å². The summed E-state index contributed by atoms with van der Waals surface area (Å²) in [6.45, 7) is 4.36.